The van der Waals surface area contributed by atoms with E-state index < -0.39 is 142 Å². The third-order valence-electron chi connectivity index (χ3n) is 12.9. The van der Waals surface area contributed by atoms with Gasteiger partial charge < -0.3 is 68.3 Å². The summed E-state index contributed by atoms with van der Waals surface area (Å²) in [6.07, 6.45) is 0.287. The molecule has 1 fully saturated rings. The van der Waals surface area contributed by atoms with E-state index in [0.717, 1.165) is 0 Å². The van der Waals surface area contributed by atoms with Crippen LogP contribution >= 0.6 is 0 Å². The Hall–Kier alpha value is -5.91. The van der Waals surface area contributed by atoms with Gasteiger partial charge in [0.1, 0.15) is 52.9 Å². The number of hydrogen-bond acceptors (Lipinski definition) is 13. The summed E-state index contributed by atoms with van der Waals surface area (Å²) in [5, 5.41) is 46.1. The van der Waals surface area contributed by atoms with E-state index in [1.54, 1.807) is 20.8 Å². The summed E-state index contributed by atoms with van der Waals surface area (Å²) in [6.45, 7) is 26.6. The first-order chi connectivity index (χ1) is 34.9. The van der Waals surface area contributed by atoms with Crippen LogP contribution in [-0.2, 0) is 52.7 Å². The van der Waals surface area contributed by atoms with Crippen molar-refractivity contribution < 1.29 is 63.0 Å². The molecular weight excluding hydrogens is 987 g/mol. The maximum absolute atomic E-state index is 14.3. The smallest absolute Gasteiger partial charge is 0.248 e. The molecule has 12 N–H and O–H groups in total. The fraction of sp³-hybridized carbons (Fsp3) is 0.788. The summed E-state index contributed by atoms with van der Waals surface area (Å²) in [7, 11) is 0. The Kier molecular flexibility index (Phi) is 27.0. The zero-order valence-corrected chi connectivity index (χ0v) is 48.1. The van der Waals surface area contributed by atoms with E-state index in [1.165, 1.54) is 60.3 Å². The predicted molar refractivity (Wildman–Crippen MR) is 284 cm³/mol. The molecule has 1 rings (SSSR count). The van der Waals surface area contributed by atoms with Crippen LogP contribution in [0.3, 0.4) is 0 Å². The predicted octanol–water partition coefficient (Wildman–Crippen LogP) is -0.716. The zero-order valence-electron chi connectivity index (χ0n) is 48.1. The first-order valence-electron chi connectivity index (χ1n) is 26.6. The molecule has 0 aromatic rings. The van der Waals surface area contributed by atoms with Crippen molar-refractivity contribution in [3.8, 4) is 0 Å². The molecule has 0 radical (unpaired) electrons. The van der Waals surface area contributed by atoms with Crippen molar-refractivity contribution in [1.82, 2.24) is 58.1 Å². The van der Waals surface area contributed by atoms with Crippen LogP contribution in [0.1, 0.15) is 156 Å². The van der Waals surface area contributed by atoms with Crippen LogP contribution < -0.4 is 53.2 Å². The molecule has 11 amide bonds. The van der Waals surface area contributed by atoms with Gasteiger partial charge in [0.25, 0.3) is 0 Å². The number of nitrogens with one attached hydrogen (secondary N) is 10. The molecule has 1 saturated heterocycles. The molecule has 24 heteroatoms. The summed E-state index contributed by atoms with van der Waals surface area (Å²) >= 11 is 0. The van der Waals surface area contributed by atoms with Crippen molar-refractivity contribution in [1.29, 1.82) is 0 Å². The van der Waals surface area contributed by atoms with E-state index in [-0.39, 0.29) is 50.2 Å². The second-order valence-corrected chi connectivity index (χ2v) is 23.0. The highest BCUT2D eigenvalue weighted by molar-refractivity contribution is 6.00. The average molecular weight is 1080 g/mol. The van der Waals surface area contributed by atoms with E-state index in [9.17, 15) is 63.0 Å². The Bertz CT molecular complexity index is 2060. The standard InChI is InChI=1S/C52H93N11O13/c1-18-52(17,48(75)53-25-38(67)58-40(32(11)65)45(72)56-34(26-64)22-27(2)3)62-43(70)36(24-29(6)7)57-44(71)37-20-19-21-63(37)49(76)51(15,16)61-46(73)39(30(8)9)59-41(68)31(10)54-47(74)50(13,14)60-42(69)35(23-28(4)5)55-33(12)66/h27-32,34-37,39-40,64-65H,18-26H2,1-17H3,(H,53,75)(H,54,74)(H,55,66)(H,56,72)(H,57,71)(H,58,67)(H,59,68)(H,60,69)(H,61,73)(H,62,70)/t31-,32+,34-,35-,36-,37-,39-,40-,52-/m0/s1. The number of carbonyl (C=O) groups is 11. The Morgan fingerprint density at radius 3 is 1.61 bits per heavy atom. The summed E-state index contributed by atoms with van der Waals surface area (Å²) in [6, 6.07) is -7.50. The lowest BCUT2D eigenvalue weighted by molar-refractivity contribution is -0.146. The van der Waals surface area contributed by atoms with Gasteiger partial charge in [0, 0.05) is 13.5 Å². The fourth-order valence-electron chi connectivity index (χ4n) is 8.40. The van der Waals surface area contributed by atoms with Gasteiger partial charge >= 0.3 is 0 Å². The van der Waals surface area contributed by atoms with Crippen LogP contribution in [0.25, 0.3) is 0 Å². The minimum Gasteiger partial charge on any atom is -0.394 e. The van der Waals surface area contributed by atoms with E-state index in [2.05, 4.69) is 53.2 Å². The number of nitrogens with zero attached hydrogens (tertiary/aromatic N) is 1. The Morgan fingerprint density at radius 1 is 0.592 bits per heavy atom. The van der Waals surface area contributed by atoms with Crippen LogP contribution in [0.2, 0.25) is 0 Å². The number of aliphatic hydroxyl groups is 2. The Balaban J connectivity index is 3.11. The molecule has 1 aliphatic heterocycles. The van der Waals surface area contributed by atoms with E-state index in [0.29, 0.717) is 19.3 Å². The first-order valence-corrected chi connectivity index (χ1v) is 26.6. The highest BCUT2D eigenvalue weighted by atomic mass is 16.3. The van der Waals surface area contributed by atoms with Gasteiger partial charge in [0.2, 0.25) is 65.0 Å². The third kappa shape index (κ3) is 21.6. The van der Waals surface area contributed by atoms with Gasteiger partial charge in [-0.05, 0) is 111 Å². The summed E-state index contributed by atoms with van der Waals surface area (Å²) in [5.74, 6) is -7.87. The first kappa shape index (κ1) is 68.1. The maximum atomic E-state index is 14.3. The van der Waals surface area contributed by atoms with Crippen molar-refractivity contribution in [3.63, 3.8) is 0 Å². The number of rotatable bonds is 30. The molecule has 24 nitrogen and oxygen atoms in total. The van der Waals surface area contributed by atoms with Crippen LogP contribution in [-0.4, -0.2) is 165 Å². The molecule has 1 heterocycles. The topological polar surface area (TPSA) is 352 Å². The van der Waals surface area contributed by atoms with Gasteiger partial charge in [-0.3, -0.25) is 52.7 Å². The van der Waals surface area contributed by atoms with Crippen molar-refractivity contribution in [2.45, 2.75) is 221 Å². The highest BCUT2D eigenvalue weighted by Crippen LogP contribution is 2.23. The number of hydrogen-bond donors (Lipinski definition) is 12. The molecule has 0 aromatic carbocycles. The average Bonchev–Trinajstić information content (AvgIpc) is 3.79. The van der Waals surface area contributed by atoms with Gasteiger partial charge in [0.05, 0.1) is 25.3 Å². The van der Waals surface area contributed by atoms with Gasteiger partial charge in [-0.25, -0.2) is 0 Å². The molecule has 0 aliphatic carbocycles. The molecule has 1 aliphatic rings. The highest BCUT2D eigenvalue weighted by Gasteiger charge is 2.44. The van der Waals surface area contributed by atoms with Crippen molar-refractivity contribution >= 4 is 65.0 Å². The maximum Gasteiger partial charge on any atom is 0.248 e. The number of likely N-dealkylation sites (tertiary alicyclic amines) is 1. The van der Waals surface area contributed by atoms with Gasteiger partial charge in [-0.15, -0.1) is 0 Å². The second kappa shape index (κ2) is 30.1. The van der Waals surface area contributed by atoms with Crippen molar-refractivity contribution in [2.75, 3.05) is 19.7 Å². The van der Waals surface area contributed by atoms with Crippen molar-refractivity contribution in [2.24, 2.45) is 23.7 Å². The van der Waals surface area contributed by atoms with Gasteiger partial charge in [-0.1, -0.05) is 62.3 Å². The molecule has 9 atom stereocenters. The number of aliphatic hydroxyl groups excluding tert-OH is 2. The third-order valence-corrected chi connectivity index (χ3v) is 12.9. The van der Waals surface area contributed by atoms with E-state index in [4.69, 9.17) is 0 Å². The van der Waals surface area contributed by atoms with E-state index in [1.807, 2.05) is 41.5 Å². The van der Waals surface area contributed by atoms with Crippen molar-refractivity contribution in [3.05, 3.63) is 0 Å². The second-order valence-electron chi connectivity index (χ2n) is 23.0. The molecule has 434 valence electrons. The molecule has 0 unspecified atom stereocenters. The van der Waals surface area contributed by atoms with Crippen LogP contribution in [0.4, 0.5) is 0 Å². The number of carbonyl (C=O) groups excluding carboxylic acids is 11. The van der Waals surface area contributed by atoms with Crippen LogP contribution in [0, 0.1) is 23.7 Å². The largest absolute Gasteiger partial charge is 0.394 e. The molecule has 0 spiro atoms. The Morgan fingerprint density at radius 2 is 1.12 bits per heavy atom. The summed E-state index contributed by atoms with van der Waals surface area (Å²) < 4.78 is 0. The molecule has 0 bridgehead atoms. The quantitative estimate of drug-likeness (QED) is 0.0424. The lowest BCUT2D eigenvalue weighted by Gasteiger charge is -2.35. The summed E-state index contributed by atoms with van der Waals surface area (Å²) in [5.41, 5.74) is -4.73. The Labute approximate surface area is 449 Å². The molecular formula is C52H93N11O13. The number of amides is 11. The summed E-state index contributed by atoms with van der Waals surface area (Å²) in [4.78, 5) is 149. The minimum absolute atomic E-state index is 0.0507. The molecule has 0 aromatic heterocycles. The lowest BCUT2D eigenvalue weighted by Crippen LogP contribution is -2.64. The van der Waals surface area contributed by atoms with Crippen LogP contribution in [0.5, 0.6) is 0 Å². The van der Waals surface area contributed by atoms with Crippen LogP contribution in [0.15, 0.2) is 0 Å². The monoisotopic (exact) mass is 1080 g/mol. The lowest BCUT2D eigenvalue weighted by atomic mass is 9.95. The molecule has 76 heavy (non-hydrogen) atoms. The zero-order chi connectivity index (χ0) is 58.8. The fourth-order valence-corrected chi connectivity index (χ4v) is 8.40. The van der Waals surface area contributed by atoms with Gasteiger partial charge in [0.15, 0.2) is 0 Å². The van der Waals surface area contributed by atoms with Gasteiger partial charge in [-0.2, -0.15) is 0 Å². The SMILES string of the molecule is CC[C@](C)(NC(=O)[C@H](CC(C)C)NC(=O)[C@@H]1CCCN1C(=O)C(C)(C)NC(=O)[C@@H](NC(=O)[C@H](C)NC(=O)C(C)(C)NC(=O)[C@H](CC(C)C)NC(C)=O)C(C)C)C(=O)NCC(=O)N[C@H](C(=O)N[C@H](CO)CC(C)C)[C@@H](C)O. The van der Waals surface area contributed by atoms with E-state index >= 15 is 0 Å². The molecule has 0 saturated carbocycles. The minimum atomic E-state index is -1.62. The normalized spacial score (nSPS) is 17.4.